The second kappa shape index (κ2) is 6.42. The van der Waals surface area contributed by atoms with Gasteiger partial charge in [-0.15, -0.1) is 0 Å². The summed E-state index contributed by atoms with van der Waals surface area (Å²) in [6.45, 7) is 3.84. The van der Waals surface area contributed by atoms with E-state index in [1.165, 1.54) is 0 Å². The quantitative estimate of drug-likeness (QED) is 0.588. The molecule has 2 N–H and O–H groups in total. The first-order valence-electron chi connectivity index (χ1n) is 8.30. The predicted octanol–water partition coefficient (Wildman–Crippen LogP) is 3.22. The molecule has 4 rings (SSSR count). The van der Waals surface area contributed by atoms with Crippen LogP contribution in [0.1, 0.15) is 17.0 Å². The maximum absolute atomic E-state index is 9.33. The van der Waals surface area contributed by atoms with Crippen molar-refractivity contribution in [2.45, 2.75) is 13.8 Å². The van der Waals surface area contributed by atoms with Crippen LogP contribution in [0.4, 0.5) is 5.82 Å². The second-order valence-corrected chi connectivity index (χ2v) is 6.14. The fourth-order valence-corrected chi connectivity index (χ4v) is 2.75. The molecule has 0 radical (unpaired) electrons. The molecule has 7 heteroatoms. The number of nitrogens with two attached hydrogens (primary N) is 1. The molecule has 0 bridgehead atoms. The van der Waals surface area contributed by atoms with Gasteiger partial charge in [-0.25, -0.2) is 19.9 Å². The van der Waals surface area contributed by atoms with Gasteiger partial charge in [0, 0.05) is 29.0 Å². The lowest BCUT2D eigenvalue weighted by Gasteiger charge is -2.11. The van der Waals surface area contributed by atoms with E-state index in [1.54, 1.807) is 12.4 Å². The lowest BCUT2D eigenvalue weighted by Crippen LogP contribution is -2.05. The van der Waals surface area contributed by atoms with E-state index in [2.05, 4.69) is 24.9 Å². The molecule has 0 aliphatic carbocycles. The third-order valence-electron chi connectivity index (χ3n) is 4.34. The van der Waals surface area contributed by atoms with Crippen LogP contribution in [0.25, 0.3) is 33.7 Å². The van der Waals surface area contributed by atoms with E-state index < -0.39 is 0 Å². The Morgan fingerprint density at radius 3 is 2.63 bits per heavy atom. The van der Waals surface area contributed by atoms with Crippen LogP contribution in [0.15, 0.2) is 42.7 Å². The summed E-state index contributed by atoms with van der Waals surface area (Å²) in [6, 6.07) is 11.6. The highest BCUT2D eigenvalue weighted by Gasteiger charge is 2.18. The largest absolute Gasteiger partial charge is 0.381 e. The minimum absolute atomic E-state index is 0.0560. The fraction of sp³-hybridized carbons (Fsp3) is 0.100. The van der Waals surface area contributed by atoms with Gasteiger partial charge < -0.3 is 5.73 Å². The summed E-state index contributed by atoms with van der Waals surface area (Å²) in [5.41, 5.74) is 10.4. The summed E-state index contributed by atoms with van der Waals surface area (Å²) in [5.74, 6) is 0.476. The Morgan fingerprint density at radius 1 is 1.00 bits per heavy atom. The van der Waals surface area contributed by atoms with Crippen LogP contribution in [-0.2, 0) is 0 Å². The lowest BCUT2D eigenvalue weighted by atomic mass is 10.1. The Hall–Kier alpha value is -3.92. The monoisotopic (exact) mass is 353 g/mol. The number of aromatic nitrogens is 5. The molecule has 1 aromatic carbocycles. The lowest BCUT2D eigenvalue weighted by molar-refractivity contribution is 1.05. The zero-order valence-corrected chi connectivity index (χ0v) is 14.8. The minimum Gasteiger partial charge on any atom is -0.381 e. The van der Waals surface area contributed by atoms with Gasteiger partial charge in [0.25, 0.3) is 0 Å². The highest BCUT2D eigenvalue weighted by molar-refractivity contribution is 5.86. The molecule has 130 valence electrons. The number of rotatable bonds is 2. The molecule has 0 fully saturated rings. The number of pyridine rings is 1. The summed E-state index contributed by atoms with van der Waals surface area (Å²) in [6.07, 6.45) is 3.48. The first-order chi connectivity index (χ1) is 13.1. The third-order valence-corrected chi connectivity index (χ3v) is 4.34. The van der Waals surface area contributed by atoms with Crippen molar-refractivity contribution in [3.05, 3.63) is 59.7 Å². The van der Waals surface area contributed by atoms with Crippen LogP contribution in [0.5, 0.6) is 0 Å². The number of hydrogen-bond acceptors (Lipinski definition) is 7. The number of hydrogen-bond donors (Lipinski definition) is 1. The molecule has 0 saturated heterocycles. The van der Waals surface area contributed by atoms with Crippen molar-refractivity contribution >= 4 is 16.7 Å². The summed E-state index contributed by atoms with van der Waals surface area (Å²) in [5, 5.41) is 10.3. The molecule has 3 heterocycles. The number of anilines is 1. The van der Waals surface area contributed by atoms with Gasteiger partial charge in [-0.1, -0.05) is 12.1 Å². The van der Waals surface area contributed by atoms with Gasteiger partial charge in [-0.3, -0.25) is 4.98 Å². The van der Waals surface area contributed by atoms with E-state index in [9.17, 15) is 5.26 Å². The molecule has 0 atom stereocenters. The van der Waals surface area contributed by atoms with Crippen molar-refractivity contribution in [2.24, 2.45) is 0 Å². The van der Waals surface area contributed by atoms with Gasteiger partial charge in [-0.2, -0.15) is 5.26 Å². The average molecular weight is 353 g/mol. The number of aryl methyl sites for hydroxylation is 2. The first kappa shape index (κ1) is 16.5. The summed E-state index contributed by atoms with van der Waals surface area (Å²) in [4.78, 5) is 22.1. The van der Waals surface area contributed by atoms with E-state index in [4.69, 9.17) is 5.73 Å². The van der Waals surface area contributed by atoms with Crippen LogP contribution < -0.4 is 5.73 Å². The molecule has 7 nitrogen and oxygen atoms in total. The standard InChI is InChI=1S/C20H15N7/c1-11-10-24-20(25-12(11)2)18-17(26-16(9-21)19(22)27-18)14-5-6-15-13(8-14)4-3-7-23-15/h3-8,10H,1-2H3,(H2,22,27). The summed E-state index contributed by atoms with van der Waals surface area (Å²) >= 11 is 0. The van der Waals surface area contributed by atoms with Crippen molar-refractivity contribution in [3.63, 3.8) is 0 Å². The number of nitrogen functional groups attached to an aromatic ring is 1. The van der Waals surface area contributed by atoms with Crippen LogP contribution in [0.2, 0.25) is 0 Å². The fourth-order valence-electron chi connectivity index (χ4n) is 2.75. The maximum atomic E-state index is 9.33. The Kier molecular flexibility index (Phi) is 3.94. The SMILES string of the molecule is Cc1cnc(-c2nc(N)c(C#N)nc2-c2ccc3ncccc3c2)nc1C. The van der Waals surface area contributed by atoms with Gasteiger partial charge in [-0.05, 0) is 37.6 Å². The highest BCUT2D eigenvalue weighted by atomic mass is 15.0. The number of benzene rings is 1. The molecule has 3 aromatic heterocycles. The number of nitrogens with zero attached hydrogens (tertiary/aromatic N) is 6. The molecular weight excluding hydrogens is 338 g/mol. The highest BCUT2D eigenvalue weighted by Crippen LogP contribution is 2.30. The van der Waals surface area contributed by atoms with Crippen LogP contribution in [0, 0.1) is 25.2 Å². The zero-order chi connectivity index (χ0) is 19.0. The third kappa shape index (κ3) is 2.93. The summed E-state index contributed by atoms with van der Waals surface area (Å²) in [7, 11) is 0. The van der Waals surface area contributed by atoms with Crippen molar-refractivity contribution in [2.75, 3.05) is 5.73 Å². The minimum atomic E-state index is 0.0560. The molecule has 0 unspecified atom stereocenters. The van der Waals surface area contributed by atoms with Crippen molar-refractivity contribution < 1.29 is 0 Å². The maximum Gasteiger partial charge on any atom is 0.183 e. The average Bonchev–Trinajstić information content (AvgIpc) is 2.69. The molecular formula is C20H15N7. The van der Waals surface area contributed by atoms with E-state index in [1.807, 2.05) is 50.2 Å². The molecule has 27 heavy (non-hydrogen) atoms. The van der Waals surface area contributed by atoms with Crippen LogP contribution in [0.3, 0.4) is 0 Å². The molecule has 0 aliphatic heterocycles. The van der Waals surface area contributed by atoms with Crippen molar-refractivity contribution in [1.29, 1.82) is 5.26 Å². The van der Waals surface area contributed by atoms with Crippen molar-refractivity contribution in [1.82, 2.24) is 24.9 Å². The van der Waals surface area contributed by atoms with E-state index in [-0.39, 0.29) is 11.5 Å². The molecule has 0 spiro atoms. The van der Waals surface area contributed by atoms with Crippen LogP contribution in [-0.4, -0.2) is 24.9 Å². The van der Waals surface area contributed by atoms with Gasteiger partial charge in [0.1, 0.15) is 17.5 Å². The van der Waals surface area contributed by atoms with E-state index in [0.29, 0.717) is 17.2 Å². The van der Waals surface area contributed by atoms with Gasteiger partial charge >= 0.3 is 0 Å². The summed E-state index contributed by atoms with van der Waals surface area (Å²) < 4.78 is 0. The van der Waals surface area contributed by atoms with Crippen LogP contribution >= 0.6 is 0 Å². The zero-order valence-electron chi connectivity index (χ0n) is 14.8. The molecule has 0 aliphatic rings. The molecule has 0 saturated carbocycles. The Morgan fingerprint density at radius 2 is 1.85 bits per heavy atom. The normalized spacial score (nSPS) is 10.7. The second-order valence-electron chi connectivity index (χ2n) is 6.14. The van der Waals surface area contributed by atoms with Gasteiger partial charge in [0.2, 0.25) is 0 Å². The predicted molar refractivity (Wildman–Crippen MR) is 102 cm³/mol. The Bertz CT molecular complexity index is 1220. The number of fused-ring (bicyclic) bond motifs is 1. The smallest absolute Gasteiger partial charge is 0.183 e. The van der Waals surface area contributed by atoms with Crippen molar-refractivity contribution in [3.8, 4) is 28.8 Å². The van der Waals surface area contributed by atoms with E-state index in [0.717, 1.165) is 27.7 Å². The molecule has 0 amide bonds. The van der Waals surface area contributed by atoms with Gasteiger partial charge in [0.15, 0.2) is 17.3 Å². The number of nitriles is 1. The first-order valence-corrected chi connectivity index (χ1v) is 8.30. The topological polar surface area (TPSA) is 114 Å². The van der Waals surface area contributed by atoms with E-state index >= 15 is 0 Å². The molecule has 4 aromatic rings. The van der Waals surface area contributed by atoms with Gasteiger partial charge in [0.05, 0.1) is 5.52 Å². The Balaban J connectivity index is 1.99. The Labute approximate surface area is 155 Å².